The molecule has 28 nitrogen and oxygen atoms in total. The summed E-state index contributed by atoms with van der Waals surface area (Å²) in [6.07, 6.45) is 18.7. The molecule has 12 heterocycles. The van der Waals surface area contributed by atoms with Gasteiger partial charge in [-0.05, 0) is 71.1 Å². The van der Waals surface area contributed by atoms with Crippen molar-refractivity contribution < 1.29 is 18.0 Å². The van der Waals surface area contributed by atoms with Gasteiger partial charge in [0.05, 0.1) is 70.0 Å². The number of halogens is 6. The van der Waals surface area contributed by atoms with Gasteiger partial charge < -0.3 is 25.8 Å². The molecule has 0 aromatic carbocycles. The van der Waals surface area contributed by atoms with Crippen molar-refractivity contribution in [2.75, 3.05) is 61.5 Å². The quantitative estimate of drug-likeness (QED) is 0.103. The first kappa shape index (κ1) is 60.6. The Morgan fingerprint density at radius 1 is 0.483 bits per heavy atom. The van der Waals surface area contributed by atoms with Crippen LogP contribution in [0.25, 0.3) is 33.1 Å². The van der Waals surface area contributed by atoms with Crippen molar-refractivity contribution in [3.05, 3.63) is 67.6 Å². The van der Waals surface area contributed by atoms with Crippen molar-refractivity contribution in [2.24, 2.45) is 33.0 Å². The number of aryl methyl sites for hydroxylation is 3. The predicted molar refractivity (Wildman–Crippen MR) is 330 cm³/mol. The topological polar surface area (TPSA) is 298 Å². The number of carbonyl (C=O) groups excluding carboxylic acids is 2. The molecule has 5 aliphatic rings. The average molecular weight is 1330 g/mol. The molecule has 0 spiro atoms. The van der Waals surface area contributed by atoms with Crippen LogP contribution >= 0.6 is 69.6 Å². The zero-order valence-electron chi connectivity index (χ0n) is 47.8. The van der Waals surface area contributed by atoms with Crippen LogP contribution in [-0.4, -0.2) is 168 Å². The van der Waals surface area contributed by atoms with Gasteiger partial charge in [0.1, 0.15) is 5.69 Å². The third-order valence-electron chi connectivity index (χ3n) is 16.2. The maximum atomic E-state index is 12.3. The van der Waals surface area contributed by atoms with Gasteiger partial charge in [-0.2, -0.15) is 45.5 Å². The molecule has 35 heteroatoms. The third-order valence-corrected chi connectivity index (χ3v) is 19.2. The molecule has 9 aromatic heterocycles. The molecule has 2 aliphatic carbocycles. The molecule has 0 unspecified atom stereocenters. The molecule has 14 rings (SSSR count). The largest absolute Gasteiger partial charge is 0.342 e. The maximum Gasteiger partial charge on any atom is 0.229 e. The van der Waals surface area contributed by atoms with E-state index < -0.39 is 10.0 Å². The number of fused-ring (bicyclic) bond motifs is 3. The zero-order valence-corrected chi connectivity index (χ0v) is 53.1. The molecule has 3 N–H and O–H groups in total. The minimum atomic E-state index is -3.16. The first-order valence-corrected chi connectivity index (χ1v) is 32.4. The van der Waals surface area contributed by atoms with Gasteiger partial charge in [-0.1, -0.05) is 69.6 Å². The lowest BCUT2D eigenvalue weighted by Gasteiger charge is -2.32. The smallest absolute Gasteiger partial charge is 0.229 e. The number of aromatic nitrogens is 18. The van der Waals surface area contributed by atoms with E-state index in [0.29, 0.717) is 132 Å². The Labute approximate surface area is 528 Å². The summed E-state index contributed by atoms with van der Waals surface area (Å²) in [5.41, 5.74) is 4.66. The number of carbonyl (C=O) groups is 2. The van der Waals surface area contributed by atoms with E-state index >= 15 is 0 Å². The molecule has 9 aromatic rings. The number of hydrogen-bond acceptors (Lipinski definition) is 19. The number of sulfonamides is 1. The summed E-state index contributed by atoms with van der Waals surface area (Å²) in [7, 11) is 2.14. The van der Waals surface area contributed by atoms with Crippen LogP contribution in [0.15, 0.2) is 31.0 Å². The molecule has 3 saturated heterocycles. The van der Waals surface area contributed by atoms with E-state index in [4.69, 9.17) is 69.6 Å². The second-order valence-corrected chi connectivity index (χ2v) is 26.4. The van der Waals surface area contributed by atoms with E-state index in [1.165, 1.54) is 10.6 Å². The fourth-order valence-corrected chi connectivity index (χ4v) is 13.3. The van der Waals surface area contributed by atoms with Crippen LogP contribution in [0, 0.1) is 18.8 Å². The second-order valence-electron chi connectivity index (χ2n) is 22.3. The number of anilines is 6. The van der Waals surface area contributed by atoms with Gasteiger partial charge in [0.15, 0.2) is 47.9 Å². The van der Waals surface area contributed by atoms with Crippen molar-refractivity contribution in [3.63, 3.8) is 0 Å². The first-order valence-electron chi connectivity index (χ1n) is 28.3. The highest BCUT2D eigenvalue weighted by Gasteiger charge is 2.37. The summed E-state index contributed by atoms with van der Waals surface area (Å²) in [5.74, 6) is 2.31. The Kier molecular flexibility index (Phi) is 17.2. The van der Waals surface area contributed by atoms with Crippen molar-refractivity contribution in [1.29, 1.82) is 0 Å². The molecule has 87 heavy (non-hydrogen) atoms. The highest BCUT2D eigenvalue weighted by molar-refractivity contribution is 7.88. The summed E-state index contributed by atoms with van der Waals surface area (Å²) in [4.78, 5) is 54.8. The lowest BCUT2D eigenvalue weighted by molar-refractivity contribution is -0.134. The van der Waals surface area contributed by atoms with E-state index in [-0.39, 0.29) is 35.1 Å². The monoisotopic (exact) mass is 1330 g/mol. The number of piperidine rings is 3. The van der Waals surface area contributed by atoms with E-state index in [0.717, 1.165) is 83.2 Å². The zero-order chi connectivity index (χ0) is 61.2. The van der Waals surface area contributed by atoms with Crippen LogP contribution < -0.4 is 16.0 Å². The van der Waals surface area contributed by atoms with Gasteiger partial charge in [0.25, 0.3) is 0 Å². The number of nitrogens with zero attached hydrogens (tertiary/aromatic N) is 21. The Bertz CT molecular complexity index is 4190. The van der Waals surface area contributed by atoms with Crippen LogP contribution in [0.1, 0.15) is 88.0 Å². The molecule has 5 fully saturated rings. The van der Waals surface area contributed by atoms with Crippen molar-refractivity contribution in [1.82, 2.24) is 103 Å². The number of hydrogen-bond donors (Lipinski definition) is 3. The highest BCUT2D eigenvalue weighted by Crippen LogP contribution is 2.38. The fourth-order valence-electron chi connectivity index (χ4n) is 11.1. The minimum Gasteiger partial charge on any atom is -0.342 e. The van der Waals surface area contributed by atoms with E-state index in [2.05, 4.69) is 76.4 Å². The molecule has 0 radical (unpaired) electrons. The van der Waals surface area contributed by atoms with Gasteiger partial charge in [-0.25, -0.2) is 41.7 Å². The summed E-state index contributed by atoms with van der Waals surface area (Å²) in [5, 5.41) is 39.3. The molecule has 0 bridgehead atoms. The maximum absolute atomic E-state index is 12.3. The predicted octanol–water partition coefficient (Wildman–Crippen LogP) is 8.88. The average Bonchev–Trinajstić information content (AvgIpc) is 2.44. The number of likely N-dealkylation sites (tertiary alicyclic amines) is 2. The number of rotatable bonds is 12. The van der Waals surface area contributed by atoms with E-state index in [1.54, 1.807) is 64.7 Å². The standard InChI is InChI=1S/C19H22Cl2N8O.C18H20Cl2N8O.C15H18Cl2N8O2S/c1-10-14(23-19-22-9-13-15(20)25-27(2)17(13)24-19)16(21)26-29(10)12-5-7-28(8-6-12)18(30)11-3-4-11;1-26-16-12(14(19)24-26)8-21-18(23-16)22-13-9-28(25-15(13)20)11-4-6-27(7-5-11)17(29)10-2-3-10;1-23-14-10(12(16)21-23)7-18-15(20-14)19-11-8-25(22-13(11)17)9-3-5-24(6-4-9)28(2,26)27/h9,11-12H,3-8H2,1-2H3,(H,22,23,24);8-11H,2-7H2,1H3,(H,21,22,23);7-9H,3-6H2,1-2H3,(H,18,19,20). The molecule has 3 aliphatic heterocycles. The van der Waals surface area contributed by atoms with Gasteiger partial charge in [0, 0.05) is 90.8 Å². The summed E-state index contributed by atoms with van der Waals surface area (Å²) in [6.45, 7) is 5.96. The summed E-state index contributed by atoms with van der Waals surface area (Å²) in [6, 6.07) is 0.497. The number of nitrogens with one attached hydrogen (secondary N) is 3. The molecule has 460 valence electrons. The normalized spacial score (nSPS) is 17.4. The lowest BCUT2D eigenvalue weighted by Crippen LogP contribution is -2.40. The SMILES string of the molecule is Cc1c(Nc2ncc3c(Cl)nn(C)c3n2)c(Cl)nn1C1CCN(C(=O)C2CC2)CC1.Cn1nc(Cl)c2cnc(Nc3cn(C4CCN(C(=O)C5CC5)CC4)nc3Cl)nc21.Cn1nc(Cl)c2cnc(Nc3cn(C4CCN(S(C)(=O)=O)CC4)nc3Cl)nc21. The van der Waals surface area contributed by atoms with E-state index in [9.17, 15) is 18.0 Å². The van der Waals surface area contributed by atoms with Crippen molar-refractivity contribution >= 4 is 159 Å². The summed E-state index contributed by atoms with van der Waals surface area (Å²) < 4.78 is 35.2. The van der Waals surface area contributed by atoms with E-state index in [1.807, 2.05) is 32.3 Å². The highest BCUT2D eigenvalue weighted by atomic mass is 35.5. The number of amides is 2. The van der Waals surface area contributed by atoms with Crippen molar-refractivity contribution in [2.45, 2.75) is 89.3 Å². The van der Waals surface area contributed by atoms with Crippen LogP contribution in [0.3, 0.4) is 0 Å². The Morgan fingerprint density at radius 3 is 1.23 bits per heavy atom. The van der Waals surface area contributed by atoms with Crippen LogP contribution in [0.5, 0.6) is 0 Å². The second kappa shape index (κ2) is 24.7. The minimum absolute atomic E-state index is 0.0744. The van der Waals surface area contributed by atoms with Gasteiger partial charge in [-0.15, -0.1) is 0 Å². The van der Waals surface area contributed by atoms with Crippen LogP contribution in [0.2, 0.25) is 30.9 Å². The van der Waals surface area contributed by atoms with Gasteiger partial charge in [0.2, 0.25) is 39.7 Å². The first-order chi connectivity index (χ1) is 41.6. The Hall–Kier alpha value is -6.73. The molecular weight excluding hydrogens is 1270 g/mol. The summed E-state index contributed by atoms with van der Waals surface area (Å²) >= 11 is 37.3. The third kappa shape index (κ3) is 13.1. The van der Waals surface area contributed by atoms with Crippen molar-refractivity contribution in [3.8, 4) is 0 Å². The molecule has 2 amide bonds. The molecule has 0 atom stereocenters. The van der Waals surface area contributed by atoms with Gasteiger partial charge >= 0.3 is 0 Å². The fraction of sp³-hybridized carbons (Fsp3) is 0.500. The molecule has 2 saturated carbocycles. The van der Waals surface area contributed by atoms with Crippen LogP contribution in [-0.2, 0) is 40.8 Å². The van der Waals surface area contributed by atoms with Gasteiger partial charge in [-0.3, -0.25) is 23.6 Å². The Morgan fingerprint density at radius 2 is 0.851 bits per heavy atom. The lowest BCUT2D eigenvalue weighted by atomic mass is 10.0. The molecular formula is C52H60Cl6N24O4S. The van der Waals surface area contributed by atoms with Crippen LogP contribution in [0.4, 0.5) is 34.9 Å². The Balaban J connectivity index is 0.000000127.